The van der Waals surface area contributed by atoms with Crippen molar-refractivity contribution >= 4 is 22.7 Å². The lowest BCUT2D eigenvalue weighted by Crippen LogP contribution is -2.18. The maximum atomic E-state index is 11.3. The first-order valence-electron chi connectivity index (χ1n) is 12.4. The maximum Gasteiger partial charge on any atom is 0.307 e. The van der Waals surface area contributed by atoms with E-state index in [0.717, 1.165) is 34.3 Å². The van der Waals surface area contributed by atoms with Crippen molar-refractivity contribution < 1.29 is 19.4 Å². The molecule has 0 spiro atoms. The van der Waals surface area contributed by atoms with Crippen LogP contribution in [0.5, 0.6) is 11.5 Å². The molecule has 8 nitrogen and oxygen atoms in total. The lowest BCUT2D eigenvalue weighted by Gasteiger charge is -2.25. The highest BCUT2D eigenvalue weighted by Gasteiger charge is 2.22. The predicted molar refractivity (Wildman–Crippen MR) is 142 cm³/mol. The Hall–Kier alpha value is -4.33. The second kappa shape index (κ2) is 10.3. The van der Waals surface area contributed by atoms with Crippen molar-refractivity contribution in [3.8, 4) is 22.6 Å². The Kier molecular flexibility index (Phi) is 6.81. The Bertz CT molecular complexity index is 1470. The zero-order chi connectivity index (χ0) is 25.9. The maximum absolute atomic E-state index is 11.3. The molecule has 190 valence electrons. The number of nitrogens with one attached hydrogen (secondary N) is 1. The van der Waals surface area contributed by atoms with Gasteiger partial charge in [-0.1, -0.05) is 42.8 Å². The van der Waals surface area contributed by atoms with Crippen LogP contribution in [0.3, 0.4) is 0 Å². The standard InChI is InChI=1S/C29H30N4O4/c1-36-28-21(9-5-10-22(28)29(30)31)19-12-13-25-23(14-19)24(32-33(25)16-18-6-4-7-18)17-37-26-11-3-2-8-20(26)15-27(34)35/h2-3,5,8-14,18H,4,6-7,15-17H2,1H3,(H3,30,31)(H,34,35). The molecular formula is C29H30N4O4. The van der Waals surface area contributed by atoms with Crippen LogP contribution < -0.4 is 15.2 Å². The Balaban J connectivity index is 1.55. The summed E-state index contributed by atoms with van der Waals surface area (Å²) in [6.45, 7) is 1.06. The van der Waals surface area contributed by atoms with Crippen LogP contribution in [-0.4, -0.2) is 33.8 Å². The van der Waals surface area contributed by atoms with Crippen LogP contribution in [0.1, 0.15) is 36.1 Å². The summed E-state index contributed by atoms with van der Waals surface area (Å²) in [4.78, 5) is 11.3. The first kappa shape index (κ1) is 24.4. The SMILES string of the molecule is COc1c(C(=N)N)cccc1-c1ccc2c(c1)c(COc1ccccc1CC(=O)O)nn2CC1CCC1. The van der Waals surface area contributed by atoms with Crippen molar-refractivity contribution in [3.05, 3.63) is 77.5 Å². The number of amidine groups is 1. The van der Waals surface area contributed by atoms with Gasteiger partial charge in [0.1, 0.15) is 29.6 Å². The average Bonchev–Trinajstić information content (AvgIpc) is 3.21. The number of aromatic nitrogens is 2. The highest BCUT2D eigenvalue weighted by atomic mass is 16.5. The third-order valence-corrected chi connectivity index (χ3v) is 6.98. The number of benzene rings is 3. The number of aliphatic carboxylic acids is 1. The van der Waals surface area contributed by atoms with Crippen LogP contribution in [0.25, 0.3) is 22.0 Å². The van der Waals surface area contributed by atoms with E-state index in [9.17, 15) is 9.90 Å². The largest absolute Gasteiger partial charge is 0.495 e. The molecule has 3 aromatic carbocycles. The minimum Gasteiger partial charge on any atom is -0.495 e. The first-order chi connectivity index (χ1) is 17.9. The Morgan fingerprint density at radius 3 is 2.68 bits per heavy atom. The zero-order valence-corrected chi connectivity index (χ0v) is 20.7. The molecule has 1 fully saturated rings. The van der Waals surface area contributed by atoms with Crippen molar-refractivity contribution in [2.24, 2.45) is 11.7 Å². The van der Waals surface area contributed by atoms with Gasteiger partial charge in [0.05, 0.1) is 24.6 Å². The second-order valence-corrected chi connectivity index (χ2v) is 9.42. The van der Waals surface area contributed by atoms with E-state index in [-0.39, 0.29) is 18.9 Å². The monoisotopic (exact) mass is 498 g/mol. The van der Waals surface area contributed by atoms with Gasteiger partial charge in [0, 0.05) is 23.1 Å². The molecule has 0 atom stereocenters. The molecule has 4 aromatic rings. The number of para-hydroxylation sites is 2. The lowest BCUT2D eigenvalue weighted by atomic mass is 9.85. The van der Waals surface area contributed by atoms with Crippen LogP contribution >= 0.6 is 0 Å². The minimum absolute atomic E-state index is 0.0535. The van der Waals surface area contributed by atoms with Crippen LogP contribution in [-0.2, 0) is 24.4 Å². The molecule has 0 amide bonds. The Morgan fingerprint density at radius 2 is 1.97 bits per heavy atom. The molecule has 37 heavy (non-hydrogen) atoms. The lowest BCUT2D eigenvalue weighted by molar-refractivity contribution is -0.136. The van der Waals surface area contributed by atoms with Crippen molar-refractivity contribution in [1.82, 2.24) is 9.78 Å². The molecule has 8 heteroatoms. The van der Waals surface area contributed by atoms with Gasteiger partial charge in [-0.15, -0.1) is 0 Å². The van der Waals surface area contributed by atoms with Crippen molar-refractivity contribution in [1.29, 1.82) is 5.41 Å². The molecule has 1 heterocycles. The van der Waals surface area contributed by atoms with Gasteiger partial charge >= 0.3 is 5.97 Å². The molecule has 1 aliphatic rings. The summed E-state index contributed by atoms with van der Waals surface area (Å²) in [5, 5.41) is 23.1. The third-order valence-electron chi connectivity index (χ3n) is 6.98. The Morgan fingerprint density at radius 1 is 1.16 bits per heavy atom. The molecule has 0 saturated heterocycles. The minimum atomic E-state index is -0.905. The van der Waals surface area contributed by atoms with E-state index in [1.54, 1.807) is 25.3 Å². The number of nitrogen functional groups attached to an aromatic ring is 1. The molecular weight excluding hydrogens is 468 g/mol. The van der Waals surface area contributed by atoms with Crippen molar-refractivity contribution in [3.63, 3.8) is 0 Å². The van der Waals surface area contributed by atoms with Gasteiger partial charge in [-0.2, -0.15) is 5.10 Å². The number of hydrogen-bond donors (Lipinski definition) is 3. The van der Waals surface area contributed by atoms with E-state index >= 15 is 0 Å². The molecule has 5 rings (SSSR count). The second-order valence-electron chi connectivity index (χ2n) is 9.42. The average molecular weight is 499 g/mol. The third kappa shape index (κ3) is 5.00. The van der Waals surface area contributed by atoms with E-state index in [4.69, 9.17) is 25.7 Å². The number of fused-ring (bicyclic) bond motifs is 1. The van der Waals surface area contributed by atoms with E-state index < -0.39 is 5.97 Å². The molecule has 0 unspecified atom stereocenters. The van der Waals surface area contributed by atoms with E-state index in [2.05, 4.69) is 16.8 Å². The molecule has 1 saturated carbocycles. The molecule has 0 bridgehead atoms. The number of nitrogens with zero attached hydrogens (tertiary/aromatic N) is 2. The highest BCUT2D eigenvalue weighted by Crippen LogP contribution is 2.36. The molecule has 4 N–H and O–H groups in total. The number of methoxy groups -OCH3 is 1. The smallest absolute Gasteiger partial charge is 0.307 e. The Labute approximate surface area is 215 Å². The predicted octanol–water partition coefficient (Wildman–Crippen LogP) is 5.00. The van der Waals surface area contributed by atoms with Gasteiger partial charge in [0.15, 0.2) is 0 Å². The van der Waals surface area contributed by atoms with Crippen LogP contribution in [0, 0.1) is 11.3 Å². The van der Waals surface area contributed by atoms with E-state index in [1.165, 1.54) is 19.3 Å². The van der Waals surface area contributed by atoms with Gasteiger partial charge in [-0.3, -0.25) is 14.9 Å². The van der Waals surface area contributed by atoms with Gasteiger partial charge in [0.25, 0.3) is 0 Å². The summed E-state index contributed by atoms with van der Waals surface area (Å²) in [5.41, 5.74) is 10.5. The van der Waals surface area contributed by atoms with Gasteiger partial charge in [-0.05, 0) is 48.6 Å². The van der Waals surface area contributed by atoms with Crippen LogP contribution in [0.15, 0.2) is 60.7 Å². The number of nitrogens with two attached hydrogens (primary N) is 1. The number of ether oxygens (including phenoxy) is 2. The highest BCUT2D eigenvalue weighted by molar-refractivity contribution is 6.00. The molecule has 1 aromatic heterocycles. The first-order valence-corrected chi connectivity index (χ1v) is 12.4. The number of carboxylic acids is 1. The molecule has 0 aliphatic heterocycles. The topological polar surface area (TPSA) is 123 Å². The normalized spacial score (nSPS) is 13.3. The summed E-state index contributed by atoms with van der Waals surface area (Å²) in [6.07, 6.45) is 3.58. The summed E-state index contributed by atoms with van der Waals surface area (Å²) < 4.78 is 13.8. The molecule has 1 aliphatic carbocycles. The van der Waals surface area contributed by atoms with Gasteiger partial charge in [-0.25, -0.2) is 0 Å². The quantitative estimate of drug-likeness (QED) is 0.209. The van der Waals surface area contributed by atoms with E-state index in [1.807, 2.05) is 30.3 Å². The van der Waals surface area contributed by atoms with Crippen molar-refractivity contribution in [2.45, 2.75) is 38.8 Å². The van der Waals surface area contributed by atoms with E-state index in [0.29, 0.717) is 28.5 Å². The zero-order valence-electron chi connectivity index (χ0n) is 20.7. The fourth-order valence-electron chi connectivity index (χ4n) is 4.88. The fraction of sp³-hybridized carbons (Fsp3) is 0.276. The number of rotatable bonds is 10. The summed E-state index contributed by atoms with van der Waals surface area (Å²) >= 11 is 0. The number of carboxylic acid groups (broad SMARTS) is 1. The number of hydrogen-bond acceptors (Lipinski definition) is 5. The number of carbonyl (C=O) groups is 1. The van der Waals surface area contributed by atoms with Gasteiger partial charge < -0.3 is 20.3 Å². The van der Waals surface area contributed by atoms with Crippen LogP contribution in [0.4, 0.5) is 0 Å². The summed E-state index contributed by atoms with van der Waals surface area (Å²) in [5.74, 6) is 0.759. The summed E-state index contributed by atoms with van der Waals surface area (Å²) in [6, 6.07) is 19.0. The molecule has 0 radical (unpaired) electrons. The van der Waals surface area contributed by atoms with Gasteiger partial charge in [0.2, 0.25) is 0 Å². The van der Waals surface area contributed by atoms with Crippen LogP contribution in [0.2, 0.25) is 0 Å². The van der Waals surface area contributed by atoms with Crippen molar-refractivity contribution in [2.75, 3.05) is 7.11 Å². The fourth-order valence-corrected chi connectivity index (χ4v) is 4.88. The summed E-state index contributed by atoms with van der Waals surface area (Å²) in [7, 11) is 1.58.